The molecule has 2 unspecified atom stereocenters. The highest BCUT2D eigenvalue weighted by Gasteiger charge is 2.30. The zero-order valence-electron chi connectivity index (χ0n) is 21.4. The lowest BCUT2D eigenvalue weighted by atomic mass is 9.81. The van der Waals surface area contributed by atoms with E-state index in [-0.39, 0.29) is 5.92 Å². The minimum atomic E-state index is 0.100. The number of likely N-dealkylation sites (tertiary alicyclic amines) is 2. The van der Waals surface area contributed by atoms with E-state index in [1.54, 1.807) is 0 Å². The normalized spacial score (nSPS) is 21.5. The third kappa shape index (κ3) is 7.76. The maximum absolute atomic E-state index is 13.0. The van der Waals surface area contributed by atoms with E-state index in [2.05, 4.69) is 51.3 Å². The number of hydrogen-bond donors (Lipinski definition) is 0. The number of carbonyl (C=O) groups is 2. The van der Waals surface area contributed by atoms with E-state index in [0.29, 0.717) is 48.1 Å². The molecule has 31 heavy (non-hydrogen) atoms. The van der Waals surface area contributed by atoms with Gasteiger partial charge in [-0.15, -0.1) is 0 Å². The Labute approximate surface area is 191 Å². The molecule has 0 aromatic heterocycles. The molecule has 2 atom stereocenters. The first-order valence-electron chi connectivity index (χ1n) is 12.9. The molecule has 2 rings (SSSR count). The highest BCUT2D eigenvalue weighted by Crippen LogP contribution is 2.30. The second-order valence-electron chi connectivity index (χ2n) is 11.1. The lowest BCUT2D eigenvalue weighted by molar-refractivity contribution is -0.137. The summed E-state index contributed by atoms with van der Waals surface area (Å²) in [4.78, 5) is 31.9. The van der Waals surface area contributed by atoms with Gasteiger partial charge in [-0.25, -0.2) is 0 Å². The van der Waals surface area contributed by atoms with Crippen LogP contribution < -0.4 is 0 Å². The molecule has 0 aromatic carbocycles. The van der Waals surface area contributed by atoms with Crippen LogP contribution in [-0.4, -0.2) is 71.8 Å². The van der Waals surface area contributed by atoms with Crippen LogP contribution in [-0.2, 0) is 9.59 Å². The Bertz CT molecular complexity index is 561. The second kappa shape index (κ2) is 12.2. The maximum atomic E-state index is 13.0. The summed E-state index contributed by atoms with van der Waals surface area (Å²) in [6.07, 6.45) is 7.17. The third-order valence-corrected chi connectivity index (χ3v) is 7.88. The van der Waals surface area contributed by atoms with Gasteiger partial charge in [0.05, 0.1) is 0 Å². The van der Waals surface area contributed by atoms with Crippen molar-refractivity contribution in [3.05, 3.63) is 0 Å². The molecule has 2 heterocycles. The van der Waals surface area contributed by atoms with Crippen LogP contribution in [0, 0.1) is 23.7 Å². The average Bonchev–Trinajstić information content (AvgIpc) is 2.75. The number of rotatable bonds is 9. The molecule has 2 amide bonds. The van der Waals surface area contributed by atoms with Crippen LogP contribution in [0.2, 0.25) is 0 Å². The number of carbonyl (C=O) groups excluding carboxylic acids is 2. The van der Waals surface area contributed by atoms with Crippen LogP contribution in [0.15, 0.2) is 0 Å². The molecule has 180 valence electrons. The van der Waals surface area contributed by atoms with Crippen LogP contribution in [0.1, 0.15) is 86.5 Å². The van der Waals surface area contributed by atoms with E-state index < -0.39 is 0 Å². The van der Waals surface area contributed by atoms with Crippen molar-refractivity contribution in [3.63, 3.8) is 0 Å². The van der Waals surface area contributed by atoms with Gasteiger partial charge in [-0.05, 0) is 70.1 Å². The lowest BCUT2D eigenvalue weighted by Crippen LogP contribution is -2.48. The van der Waals surface area contributed by atoms with Crippen LogP contribution in [0.25, 0.3) is 0 Å². The van der Waals surface area contributed by atoms with Crippen LogP contribution in [0.4, 0.5) is 0 Å². The number of piperidine rings is 2. The summed E-state index contributed by atoms with van der Waals surface area (Å²) in [5, 5.41) is 0. The van der Waals surface area contributed by atoms with Gasteiger partial charge in [-0.1, -0.05) is 27.7 Å². The zero-order chi connectivity index (χ0) is 23.1. The van der Waals surface area contributed by atoms with Gasteiger partial charge in [-0.3, -0.25) is 9.59 Å². The van der Waals surface area contributed by atoms with Crippen molar-refractivity contribution in [2.75, 3.05) is 33.2 Å². The van der Waals surface area contributed by atoms with Crippen molar-refractivity contribution >= 4 is 11.8 Å². The summed E-state index contributed by atoms with van der Waals surface area (Å²) in [6.45, 7) is 17.2. The van der Waals surface area contributed by atoms with Crippen LogP contribution in [0.5, 0.6) is 0 Å². The number of hydrogen-bond acceptors (Lipinski definition) is 3. The molecule has 0 N–H and O–H groups in total. The van der Waals surface area contributed by atoms with Gasteiger partial charge in [0.2, 0.25) is 11.8 Å². The molecule has 0 aliphatic carbocycles. The fourth-order valence-corrected chi connectivity index (χ4v) is 5.39. The van der Waals surface area contributed by atoms with Gasteiger partial charge in [0, 0.05) is 57.6 Å². The molecule has 0 aromatic rings. The van der Waals surface area contributed by atoms with Gasteiger partial charge in [0.15, 0.2) is 0 Å². The molecule has 0 radical (unpaired) electrons. The van der Waals surface area contributed by atoms with Crippen molar-refractivity contribution in [2.45, 2.75) is 98.6 Å². The lowest BCUT2D eigenvalue weighted by Gasteiger charge is -2.39. The quantitative estimate of drug-likeness (QED) is 0.529. The first-order valence-corrected chi connectivity index (χ1v) is 12.9. The fraction of sp³-hybridized carbons (Fsp3) is 0.923. The standard InChI is InChI=1S/C26H49N3O2/c1-19(2)18-25(30)29-14-10-23(11-15-29)21(5)8-9-22(6)26(31)27(7)24-12-16-28(17-13-24)20(3)4/h19-24H,8-18H2,1-7H3. The van der Waals surface area contributed by atoms with Gasteiger partial charge in [-0.2, -0.15) is 0 Å². The Morgan fingerprint density at radius 3 is 1.97 bits per heavy atom. The Kier molecular flexibility index (Phi) is 10.3. The average molecular weight is 436 g/mol. The summed E-state index contributed by atoms with van der Waals surface area (Å²) >= 11 is 0. The molecular weight excluding hydrogens is 386 g/mol. The van der Waals surface area contributed by atoms with Crippen molar-refractivity contribution in [3.8, 4) is 0 Å². The third-order valence-electron chi connectivity index (χ3n) is 7.88. The Morgan fingerprint density at radius 1 is 0.871 bits per heavy atom. The maximum Gasteiger partial charge on any atom is 0.225 e. The Hall–Kier alpha value is -1.10. The van der Waals surface area contributed by atoms with Crippen molar-refractivity contribution in [1.29, 1.82) is 0 Å². The van der Waals surface area contributed by atoms with Gasteiger partial charge in [0.25, 0.3) is 0 Å². The molecule has 0 bridgehead atoms. The fourth-order valence-electron chi connectivity index (χ4n) is 5.39. The first-order chi connectivity index (χ1) is 14.6. The van der Waals surface area contributed by atoms with E-state index >= 15 is 0 Å². The zero-order valence-corrected chi connectivity index (χ0v) is 21.4. The van der Waals surface area contributed by atoms with Crippen LogP contribution >= 0.6 is 0 Å². The van der Waals surface area contributed by atoms with E-state index in [4.69, 9.17) is 0 Å². The minimum absolute atomic E-state index is 0.100. The highest BCUT2D eigenvalue weighted by atomic mass is 16.2. The first kappa shape index (κ1) is 26.2. The van der Waals surface area contributed by atoms with Crippen LogP contribution in [0.3, 0.4) is 0 Å². The molecule has 0 spiro atoms. The van der Waals surface area contributed by atoms with E-state index in [1.165, 1.54) is 0 Å². The molecule has 2 saturated heterocycles. The molecule has 2 fully saturated rings. The molecule has 5 heteroatoms. The molecular formula is C26H49N3O2. The number of nitrogens with zero attached hydrogens (tertiary/aromatic N) is 3. The predicted molar refractivity (Wildman–Crippen MR) is 129 cm³/mol. The second-order valence-corrected chi connectivity index (χ2v) is 11.1. The summed E-state index contributed by atoms with van der Waals surface area (Å²) in [6, 6.07) is 0.998. The Morgan fingerprint density at radius 2 is 1.45 bits per heavy atom. The van der Waals surface area contributed by atoms with E-state index in [0.717, 1.165) is 64.7 Å². The molecule has 2 aliphatic heterocycles. The Balaban J connectivity index is 1.71. The molecule has 0 saturated carbocycles. The predicted octanol–water partition coefficient (Wildman–Crippen LogP) is 4.65. The van der Waals surface area contributed by atoms with Gasteiger partial charge >= 0.3 is 0 Å². The van der Waals surface area contributed by atoms with Crippen molar-refractivity contribution in [2.24, 2.45) is 23.7 Å². The minimum Gasteiger partial charge on any atom is -0.343 e. The largest absolute Gasteiger partial charge is 0.343 e. The van der Waals surface area contributed by atoms with Gasteiger partial charge < -0.3 is 14.7 Å². The monoisotopic (exact) mass is 435 g/mol. The molecule has 2 aliphatic rings. The summed E-state index contributed by atoms with van der Waals surface area (Å²) in [5.74, 6) is 2.49. The summed E-state index contributed by atoms with van der Waals surface area (Å²) in [7, 11) is 2.02. The van der Waals surface area contributed by atoms with E-state index in [9.17, 15) is 9.59 Å². The SMILES string of the molecule is CC(C)CC(=O)N1CCC(C(C)CCC(C)C(=O)N(C)C2CCN(C(C)C)CC2)CC1. The van der Waals surface area contributed by atoms with Gasteiger partial charge in [0.1, 0.15) is 0 Å². The van der Waals surface area contributed by atoms with Crippen molar-refractivity contribution < 1.29 is 9.59 Å². The topological polar surface area (TPSA) is 43.9 Å². The van der Waals surface area contributed by atoms with Crippen molar-refractivity contribution in [1.82, 2.24) is 14.7 Å². The highest BCUT2D eigenvalue weighted by molar-refractivity contribution is 5.78. The molecule has 5 nitrogen and oxygen atoms in total. The summed E-state index contributed by atoms with van der Waals surface area (Å²) in [5.41, 5.74) is 0. The summed E-state index contributed by atoms with van der Waals surface area (Å²) < 4.78 is 0. The smallest absolute Gasteiger partial charge is 0.225 e. The van der Waals surface area contributed by atoms with E-state index in [1.807, 2.05) is 11.9 Å². The number of amides is 2.